The van der Waals surface area contributed by atoms with Crippen molar-refractivity contribution in [3.63, 3.8) is 0 Å². The molecule has 0 aromatic heterocycles. The third kappa shape index (κ3) is 4.38. The number of methoxy groups -OCH3 is 1. The Kier molecular flexibility index (Phi) is 5.88. The fraction of sp³-hybridized carbons (Fsp3) is 0.348. The van der Waals surface area contributed by atoms with E-state index in [2.05, 4.69) is 5.32 Å². The standard InChI is InChI=1S/C23H24FN3O4/c1-31-20-9-6-16(22(29)25-12-15-4-7-18(24)8-5-15)11-17(20)13-26-14-21(28)27-10-2-3-19(27)23(26)30/h4-9,11,19H,2-3,10,12-14H2,1H3,(H,25,29). The number of carbonyl (C=O) groups excluding carboxylic acids is 3. The average Bonchev–Trinajstić information content (AvgIpc) is 3.27. The second-order valence-corrected chi connectivity index (χ2v) is 7.78. The highest BCUT2D eigenvalue weighted by Gasteiger charge is 2.41. The van der Waals surface area contributed by atoms with E-state index in [-0.39, 0.29) is 49.2 Å². The van der Waals surface area contributed by atoms with Crippen LogP contribution in [0.15, 0.2) is 42.5 Å². The van der Waals surface area contributed by atoms with Gasteiger partial charge in [-0.05, 0) is 48.7 Å². The number of amides is 3. The van der Waals surface area contributed by atoms with Crippen molar-refractivity contribution in [2.75, 3.05) is 20.2 Å². The van der Waals surface area contributed by atoms with Crippen molar-refractivity contribution in [2.45, 2.75) is 32.0 Å². The van der Waals surface area contributed by atoms with Crippen molar-refractivity contribution in [1.82, 2.24) is 15.1 Å². The van der Waals surface area contributed by atoms with Gasteiger partial charge in [0.2, 0.25) is 11.8 Å². The summed E-state index contributed by atoms with van der Waals surface area (Å²) in [6, 6.07) is 10.5. The smallest absolute Gasteiger partial charge is 0.251 e. The molecule has 1 unspecified atom stereocenters. The number of carbonyl (C=O) groups is 3. The van der Waals surface area contributed by atoms with E-state index in [1.807, 2.05) is 0 Å². The summed E-state index contributed by atoms with van der Waals surface area (Å²) in [5, 5.41) is 2.81. The Balaban J connectivity index is 1.48. The number of nitrogens with zero attached hydrogens (tertiary/aromatic N) is 2. The number of hydrogen-bond donors (Lipinski definition) is 1. The number of ether oxygens (including phenoxy) is 1. The average molecular weight is 425 g/mol. The summed E-state index contributed by atoms with van der Waals surface area (Å²) in [7, 11) is 1.52. The summed E-state index contributed by atoms with van der Waals surface area (Å²) in [5.74, 6) is -0.193. The first-order valence-electron chi connectivity index (χ1n) is 10.2. The van der Waals surface area contributed by atoms with Crippen molar-refractivity contribution in [3.05, 3.63) is 65.0 Å². The molecule has 4 rings (SSSR count). The fourth-order valence-corrected chi connectivity index (χ4v) is 4.13. The highest BCUT2D eigenvalue weighted by atomic mass is 19.1. The maximum Gasteiger partial charge on any atom is 0.251 e. The van der Waals surface area contributed by atoms with Crippen molar-refractivity contribution in [3.8, 4) is 5.75 Å². The molecule has 8 heteroatoms. The molecule has 0 spiro atoms. The fourth-order valence-electron chi connectivity index (χ4n) is 4.13. The number of benzene rings is 2. The summed E-state index contributed by atoms with van der Waals surface area (Å²) in [6.07, 6.45) is 1.52. The maximum absolute atomic E-state index is 13.0. The molecule has 0 aliphatic carbocycles. The first-order chi connectivity index (χ1) is 15.0. The van der Waals surface area contributed by atoms with Crippen LogP contribution in [0.25, 0.3) is 0 Å². The summed E-state index contributed by atoms with van der Waals surface area (Å²) in [6.45, 7) is 1.11. The molecule has 2 aliphatic heterocycles. The molecule has 0 bridgehead atoms. The number of fused-ring (bicyclic) bond motifs is 1. The molecule has 2 aromatic carbocycles. The molecule has 2 aliphatic rings. The summed E-state index contributed by atoms with van der Waals surface area (Å²) >= 11 is 0. The second-order valence-electron chi connectivity index (χ2n) is 7.78. The van der Waals surface area contributed by atoms with Gasteiger partial charge in [0.15, 0.2) is 0 Å². The summed E-state index contributed by atoms with van der Waals surface area (Å²) < 4.78 is 18.4. The second kappa shape index (κ2) is 8.75. The lowest BCUT2D eigenvalue weighted by Crippen LogP contribution is -2.56. The molecule has 7 nitrogen and oxygen atoms in total. The molecule has 2 fully saturated rings. The molecule has 0 saturated carbocycles. The minimum Gasteiger partial charge on any atom is -0.496 e. The highest BCUT2D eigenvalue weighted by molar-refractivity contribution is 5.96. The molecule has 162 valence electrons. The van der Waals surface area contributed by atoms with E-state index in [4.69, 9.17) is 4.74 Å². The van der Waals surface area contributed by atoms with Gasteiger partial charge in [-0.25, -0.2) is 4.39 Å². The minimum absolute atomic E-state index is 0.0273. The predicted molar refractivity (Wildman–Crippen MR) is 111 cm³/mol. The van der Waals surface area contributed by atoms with E-state index in [1.165, 1.54) is 24.1 Å². The van der Waals surface area contributed by atoms with Gasteiger partial charge >= 0.3 is 0 Å². The van der Waals surface area contributed by atoms with Gasteiger partial charge in [0.1, 0.15) is 24.2 Å². The molecule has 1 N–H and O–H groups in total. The molecule has 2 saturated heterocycles. The Morgan fingerprint density at radius 2 is 1.97 bits per heavy atom. The Morgan fingerprint density at radius 1 is 1.19 bits per heavy atom. The number of rotatable bonds is 6. The number of piperazine rings is 1. The van der Waals surface area contributed by atoms with Crippen LogP contribution in [0.5, 0.6) is 5.75 Å². The molecule has 1 atom stereocenters. The van der Waals surface area contributed by atoms with E-state index < -0.39 is 0 Å². The first-order valence-corrected chi connectivity index (χ1v) is 10.2. The summed E-state index contributed by atoms with van der Waals surface area (Å²) in [4.78, 5) is 41.1. The summed E-state index contributed by atoms with van der Waals surface area (Å²) in [5.41, 5.74) is 1.85. The van der Waals surface area contributed by atoms with Crippen LogP contribution >= 0.6 is 0 Å². The Morgan fingerprint density at radius 3 is 2.71 bits per heavy atom. The molecular weight excluding hydrogens is 401 g/mol. The van der Waals surface area contributed by atoms with Crippen LogP contribution in [0.3, 0.4) is 0 Å². The third-order valence-electron chi connectivity index (χ3n) is 5.77. The van der Waals surface area contributed by atoms with Gasteiger partial charge in [0.25, 0.3) is 5.91 Å². The molecule has 2 heterocycles. The molecule has 0 radical (unpaired) electrons. The van der Waals surface area contributed by atoms with Gasteiger partial charge in [0.05, 0.1) is 7.11 Å². The van der Waals surface area contributed by atoms with Gasteiger partial charge in [-0.15, -0.1) is 0 Å². The normalized spacial score (nSPS) is 18.2. The van der Waals surface area contributed by atoms with Crippen LogP contribution in [-0.2, 0) is 22.7 Å². The Labute approximate surface area is 179 Å². The predicted octanol–water partition coefficient (Wildman–Crippen LogP) is 2.10. The van der Waals surface area contributed by atoms with Gasteiger partial charge < -0.3 is 19.9 Å². The third-order valence-corrected chi connectivity index (χ3v) is 5.77. The zero-order valence-electron chi connectivity index (χ0n) is 17.3. The van der Waals surface area contributed by atoms with E-state index >= 15 is 0 Å². The van der Waals surface area contributed by atoms with Crippen molar-refractivity contribution < 1.29 is 23.5 Å². The van der Waals surface area contributed by atoms with E-state index in [0.717, 1.165) is 12.0 Å². The lowest BCUT2D eigenvalue weighted by molar-refractivity contribution is -0.154. The number of nitrogens with one attached hydrogen (secondary N) is 1. The van der Waals surface area contributed by atoms with Crippen LogP contribution in [0.1, 0.15) is 34.3 Å². The SMILES string of the molecule is COc1ccc(C(=O)NCc2ccc(F)cc2)cc1CN1CC(=O)N2CCCC2C1=O. The first kappa shape index (κ1) is 20.8. The van der Waals surface area contributed by atoms with Crippen molar-refractivity contribution in [2.24, 2.45) is 0 Å². The van der Waals surface area contributed by atoms with Crippen molar-refractivity contribution in [1.29, 1.82) is 0 Å². The van der Waals surface area contributed by atoms with Gasteiger partial charge in [-0.3, -0.25) is 14.4 Å². The van der Waals surface area contributed by atoms with Gasteiger partial charge in [0, 0.05) is 30.8 Å². The number of hydrogen-bond acceptors (Lipinski definition) is 4. The van der Waals surface area contributed by atoms with Crippen LogP contribution in [-0.4, -0.2) is 53.8 Å². The lowest BCUT2D eigenvalue weighted by Gasteiger charge is -2.36. The van der Waals surface area contributed by atoms with E-state index in [1.54, 1.807) is 35.2 Å². The monoisotopic (exact) mass is 425 g/mol. The highest BCUT2D eigenvalue weighted by Crippen LogP contribution is 2.27. The van der Waals surface area contributed by atoms with E-state index in [9.17, 15) is 18.8 Å². The Bertz CT molecular complexity index is 1010. The molecule has 2 aromatic rings. The molecule has 31 heavy (non-hydrogen) atoms. The largest absolute Gasteiger partial charge is 0.496 e. The van der Waals surface area contributed by atoms with Crippen LogP contribution < -0.4 is 10.1 Å². The Hall–Kier alpha value is -3.42. The van der Waals surface area contributed by atoms with Crippen LogP contribution in [0.4, 0.5) is 4.39 Å². The number of halogens is 1. The quantitative estimate of drug-likeness (QED) is 0.769. The van der Waals surface area contributed by atoms with Crippen LogP contribution in [0.2, 0.25) is 0 Å². The molecule has 3 amide bonds. The maximum atomic E-state index is 13.0. The zero-order chi connectivity index (χ0) is 22.0. The minimum atomic E-state index is -0.380. The zero-order valence-corrected chi connectivity index (χ0v) is 17.3. The van der Waals surface area contributed by atoms with E-state index in [0.29, 0.717) is 29.8 Å². The van der Waals surface area contributed by atoms with Gasteiger partial charge in [-0.2, -0.15) is 0 Å². The van der Waals surface area contributed by atoms with Crippen molar-refractivity contribution >= 4 is 17.7 Å². The lowest BCUT2D eigenvalue weighted by atomic mass is 10.1. The molecular formula is C23H24FN3O4. The van der Waals surface area contributed by atoms with Crippen LogP contribution in [0, 0.1) is 5.82 Å². The van der Waals surface area contributed by atoms with Gasteiger partial charge in [-0.1, -0.05) is 12.1 Å². The topological polar surface area (TPSA) is 79.0 Å².